The number of nitrogens with zero attached hydrogens (tertiary/aromatic N) is 3. The highest BCUT2D eigenvalue weighted by Gasteiger charge is 2.22. The third-order valence-corrected chi connectivity index (χ3v) is 9.08. The maximum atomic E-state index is 6.31. The van der Waals surface area contributed by atoms with E-state index in [1.807, 2.05) is 36.4 Å². The summed E-state index contributed by atoms with van der Waals surface area (Å²) in [5.74, 6) is 0.947. The van der Waals surface area contributed by atoms with E-state index < -0.39 is 0 Å². The van der Waals surface area contributed by atoms with E-state index in [9.17, 15) is 0 Å². The van der Waals surface area contributed by atoms with Gasteiger partial charge in [-0.1, -0.05) is 91.8 Å². The molecule has 4 nitrogen and oxygen atoms in total. The summed E-state index contributed by atoms with van der Waals surface area (Å²) in [5.41, 5.74) is 4.09. The van der Waals surface area contributed by atoms with Gasteiger partial charge in [0.05, 0.1) is 23.5 Å². The summed E-state index contributed by atoms with van der Waals surface area (Å²) in [6.45, 7) is 12.5. The van der Waals surface area contributed by atoms with Crippen LogP contribution in [0, 0.1) is 0 Å². The van der Waals surface area contributed by atoms with E-state index in [1.165, 1.54) is 36.3 Å². The zero-order chi connectivity index (χ0) is 29.2. The van der Waals surface area contributed by atoms with Crippen molar-refractivity contribution < 1.29 is 4.74 Å². The Kier molecular flexibility index (Phi) is 11.6. The Labute approximate surface area is 259 Å². The topological polar surface area (TPSA) is 28.1 Å². The molecule has 2 aliphatic rings. The van der Waals surface area contributed by atoms with Gasteiger partial charge in [-0.05, 0) is 79.9 Å². The Bertz CT molecular complexity index is 1400. The number of thioether (sulfide) groups is 1. The number of piperidine rings is 1. The van der Waals surface area contributed by atoms with Gasteiger partial charge < -0.3 is 4.74 Å². The Morgan fingerprint density at radius 2 is 1.88 bits per heavy atom. The molecular weight excluding hydrogens is 566 g/mol. The van der Waals surface area contributed by atoms with Gasteiger partial charge in [-0.15, -0.1) is 12.6 Å². The van der Waals surface area contributed by atoms with Crippen molar-refractivity contribution in [1.82, 2.24) is 4.90 Å². The van der Waals surface area contributed by atoms with Crippen LogP contribution in [0.1, 0.15) is 49.8 Å². The van der Waals surface area contributed by atoms with Crippen molar-refractivity contribution in [2.75, 3.05) is 25.2 Å². The van der Waals surface area contributed by atoms with Gasteiger partial charge in [0, 0.05) is 27.5 Å². The number of halogens is 1. The van der Waals surface area contributed by atoms with Gasteiger partial charge in [0.1, 0.15) is 5.75 Å². The normalized spacial score (nSPS) is 16.9. The second kappa shape index (κ2) is 15.4. The molecule has 214 valence electrons. The van der Waals surface area contributed by atoms with E-state index in [2.05, 4.69) is 91.4 Å². The quantitative estimate of drug-likeness (QED) is 0.157. The Morgan fingerprint density at radius 3 is 2.56 bits per heavy atom. The minimum Gasteiger partial charge on any atom is -0.497 e. The number of methoxy groups -OCH3 is 1. The molecule has 0 radical (unpaired) electrons. The number of hydrazone groups is 1. The van der Waals surface area contributed by atoms with Crippen molar-refractivity contribution in [3.8, 4) is 5.75 Å². The van der Waals surface area contributed by atoms with Crippen LogP contribution in [0.5, 0.6) is 5.75 Å². The Hall–Kier alpha value is -2.90. The van der Waals surface area contributed by atoms with E-state index in [4.69, 9.17) is 16.3 Å². The van der Waals surface area contributed by atoms with E-state index >= 15 is 0 Å². The minimum absolute atomic E-state index is 0.607. The average molecular weight is 604 g/mol. The van der Waals surface area contributed by atoms with Crippen molar-refractivity contribution in [3.63, 3.8) is 0 Å². The number of rotatable bonds is 8. The summed E-state index contributed by atoms with van der Waals surface area (Å²) in [6, 6.07) is 24.8. The lowest BCUT2D eigenvalue weighted by molar-refractivity contribution is 0.157. The number of benzene rings is 3. The third-order valence-electron chi connectivity index (χ3n) is 7.24. The minimum atomic E-state index is 0.607. The van der Waals surface area contributed by atoms with Gasteiger partial charge >= 0.3 is 0 Å². The van der Waals surface area contributed by atoms with Crippen LogP contribution in [0.3, 0.4) is 0 Å². The number of allylic oxidation sites excluding steroid dienone is 2. The molecule has 1 atom stereocenters. The van der Waals surface area contributed by atoms with Crippen LogP contribution >= 0.6 is 36.0 Å². The lowest BCUT2D eigenvalue weighted by Crippen LogP contribution is -2.33. The molecule has 1 saturated heterocycles. The fraction of sp³-hybridized carbons (Fsp3) is 0.265. The SMILES string of the molecule is C=NN(C(=C)C1=CCC=C(c2cccc(S)c2)S1)c1ccccc1Cl.CCN1CCCCC1c1ccc(OC)cc1. The smallest absolute Gasteiger partial charge is 0.118 e. The molecule has 1 unspecified atom stereocenters. The summed E-state index contributed by atoms with van der Waals surface area (Å²) in [5, 5.41) is 6.41. The molecular formula is C34H38ClN3OS2. The van der Waals surface area contributed by atoms with Gasteiger partial charge in [-0.25, -0.2) is 5.01 Å². The highest BCUT2D eigenvalue weighted by Crippen LogP contribution is 2.43. The van der Waals surface area contributed by atoms with Crippen LogP contribution in [0.4, 0.5) is 5.69 Å². The maximum absolute atomic E-state index is 6.31. The largest absolute Gasteiger partial charge is 0.497 e. The molecule has 3 aromatic carbocycles. The summed E-state index contributed by atoms with van der Waals surface area (Å²) >= 11 is 12.4. The first-order chi connectivity index (χ1) is 19.9. The molecule has 0 N–H and O–H groups in total. The fourth-order valence-electron chi connectivity index (χ4n) is 5.10. The predicted octanol–water partition coefficient (Wildman–Crippen LogP) is 9.87. The standard InChI is InChI=1S/C20H17ClN2S2.C14H21NO/c1-14(23(22-2)18-10-4-3-9-17(18)21)19-11-6-12-20(25-19)15-7-5-8-16(24)13-15;1-3-15-11-5-4-6-14(15)12-7-9-13(16-2)10-8-12/h3-5,7-13,24H,1-2,6H2;7-10,14H,3-6,11H2,1-2H3. The molecule has 0 saturated carbocycles. The molecule has 2 heterocycles. The fourth-order valence-corrected chi connectivity index (χ4v) is 6.58. The Morgan fingerprint density at radius 1 is 1.10 bits per heavy atom. The van der Waals surface area contributed by atoms with Crippen LogP contribution in [0.15, 0.2) is 112 Å². The highest BCUT2D eigenvalue weighted by atomic mass is 35.5. The number of hydrogen-bond donors (Lipinski definition) is 1. The van der Waals surface area contributed by atoms with Crippen molar-refractivity contribution in [2.45, 2.75) is 43.5 Å². The zero-order valence-electron chi connectivity index (χ0n) is 23.8. The molecule has 0 aliphatic carbocycles. The maximum Gasteiger partial charge on any atom is 0.118 e. The monoisotopic (exact) mass is 603 g/mol. The van der Waals surface area contributed by atoms with Gasteiger partial charge in [-0.2, -0.15) is 5.10 Å². The molecule has 2 aliphatic heterocycles. The molecule has 41 heavy (non-hydrogen) atoms. The van der Waals surface area contributed by atoms with Gasteiger partial charge in [-0.3, -0.25) is 4.90 Å². The number of thiol groups is 1. The first-order valence-corrected chi connectivity index (χ1v) is 15.6. The molecule has 0 bridgehead atoms. The first-order valence-electron chi connectivity index (χ1n) is 13.9. The highest BCUT2D eigenvalue weighted by molar-refractivity contribution is 8.12. The van der Waals surface area contributed by atoms with Gasteiger partial charge in [0.25, 0.3) is 0 Å². The summed E-state index contributed by atoms with van der Waals surface area (Å²) < 4.78 is 5.20. The van der Waals surface area contributed by atoms with Crippen LogP contribution in [-0.4, -0.2) is 31.8 Å². The molecule has 0 aromatic heterocycles. The molecule has 3 aromatic rings. The number of hydrogen-bond acceptors (Lipinski definition) is 6. The number of likely N-dealkylation sites (tertiary alicyclic amines) is 1. The zero-order valence-corrected chi connectivity index (χ0v) is 26.3. The summed E-state index contributed by atoms with van der Waals surface area (Å²) in [4.78, 5) is 5.73. The van der Waals surface area contributed by atoms with E-state index in [1.54, 1.807) is 23.9 Å². The van der Waals surface area contributed by atoms with Crippen molar-refractivity contribution in [1.29, 1.82) is 0 Å². The predicted molar refractivity (Wildman–Crippen MR) is 181 cm³/mol. The molecule has 0 amide bonds. The molecule has 5 rings (SSSR count). The van der Waals surface area contributed by atoms with Crippen LogP contribution in [0.25, 0.3) is 4.91 Å². The van der Waals surface area contributed by atoms with E-state index in [0.29, 0.717) is 11.1 Å². The van der Waals surface area contributed by atoms with Crippen molar-refractivity contribution in [3.05, 3.63) is 118 Å². The van der Waals surface area contributed by atoms with E-state index in [-0.39, 0.29) is 0 Å². The molecule has 1 fully saturated rings. The van der Waals surface area contributed by atoms with Crippen LogP contribution < -0.4 is 9.75 Å². The van der Waals surface area contributed by atoms with Crippen LogP contribution in [-0.2, 0) is 0 Å². The second-order valence-corrected chi connectivity index (χ2v) is 11.8. The Balaban J connectivity index is 0.000000208. The number of anilines is 1. The van der Waals surface area contributed by atoms with Crippen molar-refractivity contribution >= 4 is 53.3 Å². The second-order valence-electron chi connectivity index (χ2n) is 9.79. The van der Waals surface area contributed by atoms with Gasteiger partial charge in [0.15, 0.2) is 0 Å². The first kappa shape index (κ1) is 31.0. The average Bonchev–Trinajstić information content (AvgIpc) is 3.02. The van der Waals surface area contributed by atoms with Gasteiger partial charge in [0.2, 0.25) is 0 Å². The summed E-state index contributed by atoms with van der Waals surface area (Å²) in [6.07, 6.45) is 9.16. The lowest BCUT2D eigenvalue weighted by Gasteiger charge is -2.35. The lowest BCUT2D eigenvalue weighted by atomic mass is 9.95. The third kappa shape index (κ3) is 8.10. The van der Waals surface area contributed by atoms with Crippen molar-refractivity contribution in [2.24, 2.45) is 5.10 Å². The van der Waals surface area contributed by atoms with E-state index in [0.717, 1.165) is 45.5 Å². The molecule has 0 spiro atoms. The molecule has 7 heteroatoms. The number of ether oxygens (including phenoxy) is 1. The number of para-hydroxylation sites is 1. The van der Waals surface area contributed by atoms with Crippen LogP contribution in [0.2, 0.25) is 5.02 Å². The summed E-state index contributed by atoms with van der Waals surface area (Å²) in [7, 11) is 1.72.